The summed E-state index contributed by atoms with van der Waals surface area (Å²) in [6, 6.07) is 3.22. The van der Waals surface area contributed by atoms with E-state index in [9.17, 15) is 8.42 Å². The highest BCUT2D eigenvalue weighted by molar-refractivity contribution is 9.11. The fourth-order valence-corrected chi connectivity index (χ4v) is 5.90. The number of halogens is 3. The van der Waals surface area contributed by atoms with Crippen LogP contribution in [0.3, 0.4) is 0 Å². The van der Waals surface area contributed by atoms with Crippen LogP contribution in [0, 0.1) is 6.92 Å². The van der Waals surface area contributed by atoms with Gasteiger partial charge in [0.05, 0.1) is 4.90 Å². The van der Waals surface area contributed by atoms with E-state index in [1.807, 2.05) is 6.92 Å². The molecule has 7 heteroatoms. The molecule has 0 saturated heterocycles. The number of aryl methyl sites for hydroxylation is 1. The van der Waals surface area contributed by atoms with Gasteiger partial charge in [-0.25, -0.2) is 13.1 Å². The smallest absolute Gasteiger partial charge is 0.207 e. The van der Waals surface area contributed by atoms with Gasteiger partial charge in [0.25, 0.3) is 0 Å². The number of hydrogen-bond acceptors (Lipinski definition) is 2. The first-order valence-corrected chi connectivity index (χ1v) is 10.4. The van der Waals surface area contributed by atoms with Crippen molar-refractivity contribution in [1.29, 1.82) is 0 Å². The summed E-state index contributed by atoms with van der Waals surface area (Å²) in [6.45, 7) is 1.92. The third-order valence-electron chi connectivity index (χ3n) is 3.74. The van der Waals surface area contributed by atoms with Gasteiger partial charge >= 0.3 is 0 Å². The van der Waals surface area contributed by atoms with Gasteiger partial charge in [0.2, 0.25) is 10.0 Å². The zero-order chi connectivity index (χ0) is 15.6. The van der Waals surface area contributed by atoms with E-state index in [-0.39, 0.29) is 16.3 Å². The molecule has 0 spiro atoms. The Balaban J connectivity index is 2.27. The number of alkyl halides is 1. The molecule has 2 atom stereocenters. The van der Waals surface area contributed by atoms with Crippen molar-refractivity contribution in [3.63, 3.8) is 0 Å². The molecule has 118 valence electrons. The van der Waals surface area contributed by atoms with Crippen LogP contribution >= 0.6 is 43.5 Å². The second kappa shape index (κ2) is 7.30. The first-order valence-electron chi connectivity index (χ1n) is 6.93. The van der Waals surface area contributed by atoms with Crippen LogP contribution in [0.15, 0.2) is 26.0 Å². The molecule has 21 heavy (non-hydrogen) atoms. The largest absolute Gasteiger partial charge is 0.242 e. The molecule has 0 bridgehead atoms. The van der Waals surface area contributed by atoms with Crippen LogP contribution < -0.4 is 4.72 Å². The monoisotopic (exact) mass is 457 g/mol. The van der Waals surface area contributed by atoms with E-state index in [0.29, 0.717) is 4.47 Å². The quantitative estimate of drug-likeness (QED) is 0.524. The van der Waals surface area contributed by atoms with Gasteiger partial charge in [-0.05, 0) is 53.4 Å². The second-order valence-electron chi connectivity index (χ2n) is 5.41. The average Bonchev–Trinajstić information content (AvgIpc) is 2.59. The van der Waals surface area contributed by atoms with Crippen molar-refractivity contribution >= 4 is 53.5 Å². The van der Waals surface area contributed by atoms with Crippen LogP contribution in [0.5, 0.6) is 0 Å². The molecule has 2 unspecified atom stereocenters. The molecule has 2 rings (SSSR count). The van der Waals surface area contributed by atoms with Crippen molar-refractivity contribution in [1.82, 2.24) is 4.72 Å². The summed E-state index contributed by atoms with van der Waals surface area (Å²) in [5, 5.41) is -0.144. The van der Waals surface area contributed by atoms with E-state index < -0.39 is 10.0 Å². The molecule has 1 saturated carbocycles. The predicted octanol–water partition coefficient (Wildman–Crippen LogP) is 4.74. The Hall–Kier alpha value is 0.380. The van der Waals surface area contributed by atoms with E-state index in [1.54, 1.807) is 12.1 Å². The number of rotatable bonds is 3. The summed E-state index contributed by atoms with van der Waals surface area (Å²) < 4.78 is 29.4. The van der Waals surface area contributed by atoms with Gasteiger partial charge < -0.3 is 0 Å². The highest BCUT2D eigenvalue weighted by Gasteiger charge is 2.28. The van der Waals surface area contributed by atoms with Gasteiger partial charge in [-0.2, -0.15) is 0 Å². The Labute approximate surface area is 148 Å². The highest BCUT2D eigenvalue weighted by Crippen LogP contribution is 2.30. The lowest BCUT2D eigenvalue weighted by atomic mass is 10.1. The second-order valence-corrected chi connectivity index (χ2v) is 9.37. The van der Waals surface area contributed by atoms with Crippen LogP contribution in [0.25, 0.3) is 0 Å². The van der Waals surface area contributed by atoms with Crippen LogP contribution in [0.1, 0.15) is 37.7 Å². The van der Waals surface area contributed by atoms with Crippen LogP contribution in [-0.4, -0.2) is 19.8 Å². The third-order valence-corrected chi connectivity index (χ3v) is 7.57. The molecule has 1 N–H and O–H groups in total. The van der Waals surface area contributed by atoms with E-state index in [1.165, 1.54) is 0 Å². The Bertz CT molecular complexity index is 622. The zero-order valence-electron chi connectivity index (χ0n) is 11.7. The van der Waals surface area contributed by atoms with Gasteiger partial charge in [-0.3, -0.25) is 0 Å². The summed E-state index contributed by atoms with van der Waals surface area (Å²) in [5.74, 6) is 0. The fourth-order valence-electron chi connectivity index (χ4n) is 2.49. The maximum Gasteiger partial charge on any atom is 0.242 e. The lowest BCUT2D eigenvalue weighted by molar-refractivity contribution is 0.514. The molecule has 1 aliphatic carbocycles. The zero-order valence-corrected chi connectivity index (χ0v) is 16.4. The molecule has 0 heterocycles. The van der Waals surface area contributed by atoms with Crippen molar-refractivity contribution in [3.8, 4) is 0 Å². The summed E-state index contributed by atoms with van der Waals surface area (Å²) in [5.41, 5.74) is 0.977. The minimum atomic E-state index is -3.59. The van der Waals surface area contributed by atoms with Crippen LogP contribution in [0.4, 0.5) is 0 Å². The molecule has 1 aromatic carbocycles. The van der Waals surface area contributed by atoms with Crippen LogP contribution in [0.2, 0.25) is 0 Å². The summed E-state index contributed by atoms with van der Waals surface area (Å²) in [4.78, 5) is 0.244. The van der Waals surface area contributed by atoms with Gasteiger partial charge in [-0.15, -0.1) is 11.6 Å². The van der Waals surface area contributed by atoms with E-state index >= 15 is 0 Å². The molecular formula is C14H18Br2ClNO2S. The average molecular weight is 460 g/mol. The van der Waals surface area contributed by atoms with Gasteiger partial charge in [0, 0.05) is 20.4 Å². The van der Waals surface area contributed by atoms with E-state index in [2.05, 4.69) is 36.6 Å². The van der Waals surface area contributed by atoms with Crippen molar-refractivity contribution < 1.29 is 8.42 Å². The first kappa shape index (κ1) is 17.7. The fraction of sp³-hybridized carbons (Fsp3) is 0.571. The predicted molar refractivity (Wildman–Crippen MR) is 93.4 cm³/mol. The molecule has 1 aromatic rings. The number of sulfonamides is 1. The van der Waals surface area contributed by atoms with Gasteiger partial charge in [0.15, 0.2) is 0 Å². The summed E-state index contributed by atoms with van der Waals surface area (Å²) in [6.07, 6.45) is 4.83. The normalized spacial score (nSPS) is 23.8. The van der Waals surface area contributed by atoms with Gasteiger partial charge in [-0.1, -0.05) is 35.2 Å². The third kappa shape index (κ3) is 4.44. The maximum atomic E-state index is 12.6. The van der Waals surface area contributed by atoms with Crippen LogP contribution in [-0.2, 0) is 10.0 Å². The van der Waals surface area contributed by atoms with E-state index in [4.69, 9.17) is 11.6 Å². The molecule has 1 fully saturated rings. The lowest BCUT2D eigenvalue weighted by Crippen LogP contribution is -2.40. The molecule has 0 amide bonds. The summed E-state index contributed by atoms with van der Waals surface area (Å²) in [7, 11) is -3.59. The number of hydrogen-bond donors (Lipinski definition) is 1. The molecule has 0 aliphatic heterocycles. The van der Waals surface area contributed by atoms with Crippen molar-refractivity contribution in [2.24, 2.45) is 0 Å². The standard InChI is InChI=1S/C14H18Br2ClNO2S/c1-9-7-11(16)14(8-10(9)15)21(19,20)18-13-6-4-2-3-5-12(13)17/h7-8,12-13,18H,2-6H2,1H3. The molecular weight excluding hydrogens is 441 g/mol. The highest BCUT2D eigenvalue weighted by atomic mass is 79.9. The summed E-state index contributed by atoms with van der Waals surface area (Å²) >= 11 is 13.1. The topological polar surface area (TPSA) is 46.2 Å². The Morgan fingerprint density at radius 2 is 1.81 bits per heavy atom. The van der Waals surface area contributed by atoms with Gasteiger partial charge in [0.1, 0.15) is 0 Å². The van der Waals surface area contributed by atoms with E-state index in [0.717, 1.165) is 42.1 Å². The van der Waals surface area contributed by atoms with Crippen molar-refractivity contribution in [3.05, 3.63) is 26.6 Å². The number of benzene rings is 1. The first-order chi connectivity index (χ1) is 9.81. The maximum absolute atomic E-state index is 12.6. The van der Waals surface area contributed by atoms with Crippen molar-refractivity contribution in [2.75, 3.05) is 0 Å². The van der Waals surface area contributed by atoms with Crippen molar-refractivity contribution in [2.45, 2.75) is 55.3 Å². The lowest BCUT2D eigenvalue weighted by Gasteiger charge is -2.21. The Kier molecular flexibility index (Phi) is 6.16. The SMILES string of the molecule is Cc1cc(Br)c(S(=O)(=O)NC2CCCCCC2Cl)cc1Br. The molecule has 0 radical (unpaired) electrons. The molecule has 1 aliphatic rings. The Morgan fingerprint density at radius 3 is 2.52 bits per heavy atom. The molecule has 0 aromatic heterocycles. The Morgan fingerprint density at radius 1 is 1.14 bits per heavy atom. The molecule has 3 nitrogen and oxygen atoms in total. The number of nitrogens with one attached hydrogen (secondary N) is 1. The minimum Gasteiger partial charge on any atom is -0.207 e. The minimum absolute atomic E-state index is 0.144.